The van der Waals surface area contributed by atoms with Crippen molar-refractivity contribution in [2.75, 3.05) is 0 Å². The maximum absolute atomic E-state index is 13.2. The highest BCUT2D eigenvalue weighted by molar-refractivity contribution is 6.26. The van der Waals surface area contributed by atoms with Crippen LogP contribution in [0.25, 0.3) is 5.57 Å². The van der Waals surface area contributed by atoms with Crippen molar-refractivity contribution in [3.8, 4) is 0 Å². The molecule has 0 aliphatic rings. The molecule has 0 spiro atoms. The van der Waals surface area contributed by atoms with E-state index in [1.165, 1.54) is 0 Å². The Morgan fingerprint density at radius 2 is 1.41 bits per heavy atom. The van der Waals surface area contributed by atoms with Crippen LogP contribution in [0.3, 0.4) is 0 Å². The Bertz CT molecular complexity index is 994. The standard InChI is InChI=1S/C26H22O3/c1-2-23(22-15-9-10-19(16-22)18-27)24(28)17-25(29)26(20-11-5-3-6-12-20)21-13-7-4-8-14-21/h2-16,18,26H,17H2,1H3. The van der Waals surface area contributed by atoms with Gasteiger partial charge in [0.05, 0.1) is 12.3 Å². The molecule has 0 bridgehead atoms. The van der Waals surface area contributed by atoms with Gasteiger partial charge in [0.2, 0.25) is 0 Å². The van der Waals surface area contributed by atoms with E-state index in [1.807, 2.05) is 60.7 Å². The third kappa shape index (κ3) is 4.82. The summed E-state index contributed by atoms with van der Waals surface area (Å²) in [5.74, 6) is -0.906. The number of benzene rings is 3. The molecule has 3 rings (SSSR count). The zero-order valence-corrected chi connectivity index (χ0v) is 16.2. The summed E-state index contributed by atoms with van der Waals surface area (Å²) in [7, 11) is 0. The molecule has 0 radical (unpaired) electrons. The lowest BCUT2D eigenvalue weighted by atomic mass is 9.84. The first-order chi connectivity index (χ1) is 14.1. The first-order valence-corrected chi connectivity index (χ1v) is 9.51. The summed E-state index contributed by atoms with van der Waals surface area (Å²) in [6.07, 6.45) is 2.23. The maximum Gasteiger partial charge on any atom is 0.170 e. The molecule has 0 heterocycles. The molecule has 0 unspecified atom stereocenters. The monoisotopic (exact) mass is 382 g/mol. The van der Waals surface area contributed by atoms with Crippen LogP contribution in [0.1, 0.15) is 46.3 Å². The van der Waals surface area contributed by atoms with Crippen LogP contribution in [-0.4, -0.2) is 17.9 Å². The lowest BCUT2D eigenvalue weighted by Gasteiger charge is -2.17. The van der Waals surface area contributed by atoms with Crippen molar-refractivity contribution >= 4 is 23.4 Å². The fourth-order valence-electron chi connectivity index (χ4n) is 3.48. The number of carbonyl (C=O) groups is 3. The fraction of sp³-hybridized carbons (Fsp3) is 0.115. The normalized spacial score (nSPS) is 11.3. The highest BCUT2D eigenvalue weighted by Gasteiger charge is 2.25. The van der Waals surface area contributed by atoms with Crippen molar-refractivity contribution in [3.63, 3.8) is 0 Å². The molecule has 0 saturated carbocycles. The molecule has 0 amide bonds. The second-order valence-electron chi connectivity index (χ2n) is 6.77. The Morgan fingerprint density at radius 3 is 1.93 bits per heavy atom. The van der Waals surface area contributed by atoms with Gasteiger partial charge in [-0.2, -0.15) is 0 Å². The molecule has 0 atom stereocenters. The highest BCUT2D eigenvalue weighted by atomic mass is 16.1. The van der Waals surface area contributed by atoms with E-state index in [4.69, 9.17) is 0 Å². The number of ketones is 2. The molecule has 0 aromatic heterocycles. The van der Waals surface area contributed by atoms with Crippen LogP contribution in [0, 0.1) is 0 Å². The maximum atomic E-state index is 13.2. The van der Waals surface area contributed by atoms with Gasteiger partial charge in [-0.05, 0) is 29.7 Å². The number of allylic oxidation sites excluding steroid dienone is 2. The van der Waals surface area contributed by atoms with Crippen LogP contribution >= 0.6 is 0 Å². The molecule has 144 valence electrons. The van der Waals surface area contributed by atoms with E-state index >= 15 is 0 Å². The topological polar surface area (TPSA) is 51.2 Å². The molecule has 3 nitrogen and oxygen atoms in total. The minimum atomic E-state index is -0.499. The van der Waals surface area contributed by atoms with Crippen LogP contribution in [-0.2, 0) is 9.59 Å². The fourth-order valence-corrected chi connectivity index (χ4v) is 3.48. The largest absolute Gasteiger partial charge is 0.298 e. The molecule has 3 aromatic rings. The molecule has 0 N–H and O–H groups in total. The number of carbonyl (C=O) groups excluding carboxylic acids is 3. The summed E-state index contributed by atoms with van der Waals surface area (Å²) in [6.45, 7) is 1.76. The van der Waals surface area contributed by atoms with E-state index in [-0.39, 0.29) is 18.0 Å². The summed E-state index contributed by atoms with van der Waals surface area (Å²) in [5, 5.41) is 0. The van der Waals surface area contributed by atoms with Gasteiger partial charge in [-0.15, -0.1) is 0 Å². The average molecular weight is 382 g/mol. The minimum Gasteiger partial charge on any atom is -0.298 e. The van der Waals surface area contributed by atoms with Crippen molar-refractivity contribution < 1.29 is 14.4 Å². The number of hydrogen-bond donors (Lipinski definition) is 0. The molecule has 3 heteroatoms. The van der Waals surface area contributed by atoms with Crippen LogP contribution in [0.4, 0.5) is 0 Å². The van der Waals surface area contributed by atoms with Crippen molar-refractivity contribution in [1.29, 1.82) is 0 Å². The van der Waals surface area contributed by atoms with Gasteiger partial charge in [-0.3, -0.25) is 14.4 Å². The third-order valence-electron chi connectivity index (χ3n) is 4.85. The Labute approximate surface area is 170 Å². The van der Waals surface area contributed by atoms with Gasteiger partial charge < -0.3 is 0 Å². The minimum absolute atomic E-state index is 0.154. The molecule has 0 fully saturated rings. The predicted octanol–water partition coefficient (Wildman–Crippen LogP) is 5.26. The van der Waals surface area contributed by atoms with Crippen LogP contribution in [0.2, 0.25) is 0 Å². The zero-order chi connectivity index (χ0) is 20.6. The number of hydrogen-bond acceptors (Lipinski definition) is 3. The van der Waals surface area contributed by atoms with Crippen LogP contribution < -0.4 is 0 Å². The lowest BCUT2D eigenvalue weighted by molar-refractivity contribution is -0.124. The highest BCUT2D eigenvalue weighted by Crippen LogP contribution is 2.28. The van der Waals surface area contributed by atoms with E-state index in [0.29, 0.717) is 16.7 Å². The SMILES string of the molecule is CC=C(C(=O)CC(=O)C(c1ccccc1)c1ccccc1)c1cccc(C=O)c1. The van der Waals surface area contributed by atoms with E-state index < -0.39 is 5.92 Å². The van der Waals surface area contributed by atoms with Crippen molar-refractivity contribution in [3.05, 3.63) is 113 Å². The Kier molecular flexibility index (Phi) is 6.64. The summed E-state index contributed by atoms with van der Waals surface area (Å²) in [6, 6.07) is 25.8. The molecule has 0 aliphatic carbocycles. The molecular formula is C26H22O3. The Hall–Kier alpha value is -3.59. The quantitative estimate of drug-likeness (QED) is 0.303. The Balaban J connectivity index is 1.89. The first kappa shape index (κ1) is 20.2. The van der Waals surface area contributed by atoms with E-state index in [9.17, 15) is 14.4 Å². The third-order valence-corrected chi connectivity index (χ3v) is 4.85. The van der Waals surface area contributed by atoms with Crippen LogP contribution in [0.15, 0.2) is 91.0 Å². The van der Waals surface area contributed by atoms with E-state index in [1.54, 1.807) is 37.3 Å². The van der Waals surface area contributed by atoms with Crippen LogP contribution in [0.5, 0.6) is 0 Å². The predicted molar refractivity (Wildman–Crippen MR) is 115 cm³/mol. The lowest BCUT2D eigenvalue weighted by Crippen LogP contribution is -2.18. The van der Waals surface area contributed by atoms with Gasteiger partial charge in [-0.25, -0.2) is 0 Å². The molecular weight excluding hydrogens is 360 g/mol. The summed E-state index contributed by atoms with van der Waals surface area (Å²) in [5.41, 5.74) is 3.31. The van der Waals surface area contributed by atoms with Gasteiger partial charge in [0.25, 0.3) is 0 Å². The average Bonchev–Trinajstić information content (AvgIpc) is 2.76. The molecule has 3 aromatic carbocycles. The molecule has 0 aliphatic heterocycles. The van der Waals surface area contributed by atoms with Gasteiger partial charge >= 0.3 is 0 Å². The van der Waals surface area contributed by atoms with E-state index in [0.717, 1.165) is 17.4 Å². The van der Waals surface area contributed by atoms with Crippen molar-refractivity contribution in [2.45, 2.75) is 19.3 Å². The van der Waals surface area contributed by atoms with Crippen molar-refractivity contribution in [1.82, 2.24) is 0 Å². The van der Waals surface area contributed by atoms with Gasteiger partial charge in [0, 0.05) is 11.1 Å². The summed E-state index contributed by atoms with van der Waals surface area (Å²) >= 11 is 0. The second kappa shape index (κ2) is 9.56. The molecule has 29 heavy (non-hydrogen) atoms. The smallest absolute Gasteiger partial charge is 0.170 e. The first-order valence-electron chi connectivity index (χ1n) is 9.51. The van der Waals surface area contributed by atoms with Gasteiger partial charge in [0.15, 0.2) is 11.6 Å². The summed E-state index contributed by atoms with van der Waals surface area (Å²) < 4.78 is 0. The van der Waals surface area contributed by atoms with Gasteiger partial charge in [0.1, 0.15) is 6.29 Å². The Morgan fingerprint density at radius 1 is 0.828 bits per heavy atom. The zero-order valence-electron chi connectivity index (χ0n) is 16.2. The van der Waals surface area contributed by atoms with E-state index in [2.05, 4.69) is 0 Å². The number of Topliss-reactive ketones (excluding diaryl/α,β-unsaturated/α-hetero) is 2. The number of rotatable bonds is 8. The second-order valence-corrected chi connectivity index (χ2v) is 6.77. The molecule has 0 saturated heterocycles. The van der Waals surface area contributed by atoms with Crippen molar-refractivity contribution in [2.24, 2.45) is 0 Å². The number of aldehydes is 1. The van der Waals surface area contributed by atoms with Gasteiger partial charge in [-0.1, -0.05) is 84.9 Å². The summed E-state index contributed by atoms with van der Waals surface area (Å²) in [4.78, 5) is 37.3.